The lowest BCUT2D eigenvalue weighted by molar-refractivity contribution is -0.0586. The minimum Gasteiger partial charge on any atom is -0.508 e. The Balaban J connectivity index is 2.20. The van der Waals surface area contributed by atoms with Gasteiger partial charge in [-0.15, -0.1) is 0 Å². The van der Waals surface area contributed by atoms with Crippen LogP contribution in [0.4, 0.5) is 0 Å². The van der Waals surface area contributed by atoms with E-state index in [4.69, 9.17) is 4.74 Å². The number of benzene rings is 1. The summed E-state index contributed by atoms with van der Waals surface area (Å²) >= 11 is 0. The topological polar surface area (TPSA) is 70.0 Å². The molecule has 18 heavy (non-hydrogen) atoms. The zero-order chi connectivity index (χ0) is 13.3. The van der Waals surface area contributed by atoms with Crippen LogP contribution in [0.2, 0.25) is 0 Å². The summed E-state index contributed by atoms with van der Waals surface area (Å²) in [7, 11) is 0. The van der Waals surface area contributed by atoms with E-state index in [1.54, 1.807) is 4.90 Å². The molecule has 5 nitrogen and oxygen atoms in total. The Hall–Kier alpha value is -1.75. The molecule has 2 N–H and O–H groups in total. The number of carbonyl (C=O) groups excluding carboxylic acids is 1. The van der Waals surface area contributed by atoms with E-state index in [9.17, 15) is 15.0 Å². The zero-order valence-corrected chi connectivity index (χ0v) is 10.5. The molecule has 1 aliphatic heterocycles. The number of amides is 1. The van der Waals surface area contributed by atoms with Crippen molar-refractivity contribution in [2.24, 2.45) is 0 Å². The molecule has 2 rings (SSSR count). The van der Waals surface area contributed by atoms with Crippen molar-refractivity contribution in [1.82, 2.24) is 4.90 Å². The number of carbonyl (C=O) groups is 1. The van der Waals surface area contributed by atoms with Gasteiger partial charge >= 0.3 is 0 Å². The second-order valence-electron chi connectivity index (χ2n) is 4.71. The van der Waals surface area contributed by atoms with Gasteiger partial charge in [-0.2, -0.15) is 0 Å². The number of morpholine rings is 1. The Morgan fingerprint density at radius 2 is 1.67 bits per heavy atom. The van der Waals surface area contributed by atoms with Crippen LogP contribution in [0.25, 0.3) is 0 Å². The maximum atomic E-state index is 12.2. The van der Waals surface area contributed by atoms with Gasteiger partial charge in [0, 0.05) is 24.7 Å². The Morgan fingerprint density at radius 1 is 1.17 bits per heavy atom. The van der Waals surface area contributed by atoms with E-state index >= 15 is 0 Å². The maximum Gasteiger partial charge on any atom is 0.254 e. The van der Waals surface area contributed by atoms with Gasteiger partial charge < -0.3 is 19.8 Å². The minimum atomic E-state index is -0.205. The van der Waals surface area contributed by atoms with E-state index in [0.29, 0.717) is 13.1 Å². The molecule has 2 atom stereocenters. The van der Waals surface area contributed by atoms with Gasteiger partial charge in [-0.05, 0) is 26.0 Å². The second-order valence-corrected chi connectivity index (χ2v) is 4.71. The van der Waals surface area contributed by atoms with E-state index in [0.717, 1.165) is 0 Å². The molecule has 0 aliphatic carbocycles. The quantitative estimate of drug-likeness (QED) is 0.790. The SMILES string of the molecule is C[C@@H]1CN(C(=O)c2cc(O)cc(O)c2)C[C@H](C)O1. The first-order chi connectivity index (χ1) is 8.45. The fourth-order valence-electron chi connectivity index (χ4n) is 2.24. The molecular formula is C13H17NO4. The molecule has 5 heteroatoms. The molecule has 98 valence electrons. The second kappa shape index (κ2) is 4.86. The summed E-state index contributed by atoms with van der Waals surface area (Å²) in [5.74, 6) is -0.441. The monoisotopic (exact) mass is 251 g/mol. The summed E-state index contributed by atoms with van der Waals surface area (Å²) in [6.45, 7) is 4.85. The van der Waals surface area contributed by atoms with Gasteiger partial charge in [-0.25, -0.2) is 0 Å². The molecule has 1 aromatic carbocycles. The van der Waals surface area contributed by atoms with E-state index < -0.39 is 0 Å². The molecular weight excluding hydrogens is 234 g/mol. The number of hydrogen-bond donors (Lipinski definition) is 2. The summed E-state index contributed by atoms with van der Waals surface area (Å²) in [6.07, 6.45) is -0.0211. The molecule has 1 amide bonds. The van der Waals surface area contributed by atoms with E-state index in [2.05, 4.69) is 0 Å². The van der Waals surface area contributed by atoms with Crippen molar-refractivity contribution < 1.29 is 19.7 Å². The smallest absolute Gasteiger partial charge is 0.254 e. The summed E-state index contributed by atoms with van der Waals surface area (Å²) in [5, 5.41) is 18.8. The lowest BCUT2D eigenvalue weighted by atomic mass is 10.1. The van der Waals surface area contributed by atoms with Crippen LogP contribution in [0.3, 0.4) is 0 Å². The summed E-state index contributed by atoms with van der Waals surface area (Å²) in [4.78, 5) is 13.9. The van der Waals surface area contributed by atoms with Crippen LogP contribution in [0, 0.1) is 0 Å². The molecule has 1 aliphatic rings. The van der Waals surface area contributed by atoms with Gasteiger partial charge in [-0.1, -0.05) is 0 Å². The van der Waals surface area contributed by atoms with Gasteiger partial charge in [0.05, 0.1) is 12.2 Å². The normalized spacial score (nSPS) is 24.0. The third-order valence-corrected chi connectivity index (χ3v) is 2.86. The maximum absolute atomic E-state index is 12.2. The molecule has 0 spiro atoms. The standard InChI is InChI=1S/C13H17NO4/c1-8-6-14(7-9(2)18-8)13(17)10-3-11(15)5-12(16)4-10/h3-5,8-9,15-16H,6-7H2,1-2H3/t8-,9+. The highest BCUT2D eigenvalue weighted by molar-refractivity contribution is 5.95. The summed E-state index contributed by atoms with van der Waals surface area (Å²) < 4.78 is 5.56. The summed E-state index contributed by atoms with van der Waals surface area (Å²) in [6, 6.07) is 3.90. The number of nitrogens with zero attached hydrogens (tertiary/aromatic N) is 1. The molecule has 0 radical (unpaired) electrons. The molecule has 1 aromatic rings. The number of aromatic hydroxyl groups is 2. The van der Waals surface area contributed by atoms with Crippen LogP contribution in [0.1, 0.15) is 24.2 Å². The van der Waals surface area contributed by atoms with Crippen LogP contribution < -0.4 is 0 Å². The highest BCUT2D eigenvalue weighted by Gasteiger charge is 2.26. The minimum absolute atomic E-state index is 0.0105. The molecule has 0 unspecified atom stereocenters. The molecule has 1 fully saturated rings. The van der Waals surface area contributed by atoms with Crippen molar-refractivity contribution in [2.75, 3.05) is 13.1 Å². The average Bonchev–Trinajstić information content (AvgIpc) is 2.25. The molecule has 0 aromatic heterocycles. The third kappa shape index (κ3) is 2.73. The highest BCUT2D eigenvalue weighted by Crippen LogP contribution is 2.22. The molecule has 0 saturated carbocycles. The fourth-order valence-corrected chi connectivity index (χ4v) is 2.24. The van der Waals surface area contributed by atoms with Crippen molar-refractivity contribution in [2.45, 2.75) is 26.1 Å². The predicted molar refractivity (Wildman–Crippen MR) is 65.7 cm³/mol. The first-order valence-electron chi connectivity index (χ1n) is 5.93. The number of phenolic OH excluding ortho intramolecular Hbond substituents is 2. The molecule has 1 heterocycles. The van der Waals surface area contributed by atoms with Crippen molar-refractivity contribution in [1.29, 1.82) is 0 Å². The third-order valence-electron chi connectivity index (χ3n) is 2.86. The Bertz CT molecular complexity index is 430. The van der Waals surface area contributed by atoms with Crippen LogP contribution in [-0.4, -0.2) is 46.3 Å². The number of hydrogen-bond acceptors (Lipinski definition) is 4. The average molecular weight is 251 g/mol. The lowest BCUT2D eigenvalue weighted by Crippen LogP contribution is -2.48. The van der Waals surface area contributed by atoms with Gasteiger partial charge in [-0.3, -0.25) is 4.79 Å². The van der Waals surface area contributed by atoms with Crippen molar-refractivity contribution in [3.8, 4) is 11.5 Å². The molecule has 0 bridgehead atoms. The van der Waals surface area contributed by atoms with Gasteiger partial charge in [0.25, 0.3) is 5.91 Å². The Morgan fingerprint density at radius 3 is 2.17 bits per heavy atom. The van der Waals surface area contributed by atoms with Gasteiger partial charge in [0.2, 0.25) is 0 Å². The van der Waals surface area contributed by atoms with Crippen molar-refractivity contribution >= 4 is 5.91 Å². The van der Waals surface area contributed by atoms with Gasteiger partial charge in [0.1, 0.15) is 11.5 Å². The summed E-state index contributed by atoms with van der Waals surface area (Å²) in [5.41, 5.74) is 0.286. The number of rotatable bonds is 1. The molecule has 1 saturated heterocycles. The van der Waals surface area contributed by atoms with Crippen molar-refractivity contribution in [3.05, 3.63) is 23.8 Å². The van der Waals surface area contributed by atoms with E-state index in [1.807, 2.05) is 13.8 Å². The zero-order valence-electron chi connectivity index (χ0n) is 10.5. The van der Waals surface area contributed by atoms with Crippen LogP contribution in [-0.2, 0) is 4.74 Å². The lowest BCUT2D eigenvalue weighted by Gasteiger charge is -2.35. The van der Waals surface area contributed by atoms with Gasteiger partial charge in [0.15, 0.2) is 0 Å². The Labute approximate surface area is 106 Å². The van der Waals surface area contributed by atoms with E-state index in [-0.39, 0.29) is 35.2 Å². The fraction of sp³-hybridized carbons (Fsp3) is 0.462. The Kier molecular flexibility index (Phi) is 3.43. The first kappa shape index (κ1) is 12.7. The van der Waals surface area contributed by atoms with Crippen LogP contribution in [0.15, 0.2) is 18.2 Å². The van der Waals surface area contributed by atoms with E-state index in [1.165, 1.54) is 18.2 Å². The number of phenols is 2. The first-order valence-corrected chi connectivity index (χ1v) is 5.93. The number of ether oxygens (including phenoxy) is 1. The highest BCUT2D eigenvalue weighted by atomic mass is 16.5. The van der Waals surface area contributed by atoms with Crippen molar-refractivity contribution in [3.63, 3.8) is 0 Å². The van der Waals surface area contributed by atoms with Crippen LogP contribution in [0.5, 0.6) is 11.5 Å². The van der Waals surface area contributed by atoms with Crippen LogP contribution >= 0.6 is 0 Å². The largest absolute Gasteiger partial charge is 0.508 e. The predicted octanol–water partition coefficient (Wildman–Crippen LogP) is 1.35.